The minimum absolute atomic E-state index is 0. The van der Waals surface area contributed by atoms with Crippen molar-refractivity contribution in [3.05, 3.63) is 29.8 Å². The molecular formula is C7H8Na2O3S. The maximum absolute atomic E-state index is 10.4. The van der Waals surface area contributed by atoms with Crippen molar-refractivity contribution in [2.75, 3.05) is 0 Å². The van der Waals surface area contributed by atoms with Gasteiger partial charge in [-0.25, -0.2) is 8.42 Å². The summed E-state index contributed by atoms with van der Waals surface area (Å²) in [5.74, 6) is 0. The van der Waals surface area contributed by atoms with E-state index in [1.165, 1.54) is 12.1 Å². The molecule has 0 N–H and O–H groups in total. The van der Waals surface area contributed by atoms with E-state index in [0.717, 1.165) is 5.56 Å². The summed E-state index contributed by atoms with van der Waals surface area (Å²) in [5.41, 5.74) is 0.928. The summed E-state index contributed by atoms with van der Waals surface area (Å²) < 4.78 is 31.2. The van der Waals surface area contributed by atoms with Crippen molar-refractivity contribution in [1.29, 1.82) is 0 Å². The SMILES string of the molecule is Cc1ccc(S(=O)(=O)[O-])cc1.[H-].[Na+].[Na+]. The Bertz CT molecular complexity index is 350. The minimum atomic E-state index is -4.27. The third-order valence-corrected chi connectivity index (χ3v) is 2.16. The molecule has 0 heterocycles. The fourth-order valence-corrected chi connectivity index (χ4v) is 1.17. The number of benzene rings is 1. The Morgan fingerprint density at radius 3 is 1.85 bits per heavy atom. The van der Waals surface area contributed by atoms with Crippen LogP contribution in [0.2, 0.25) is 0 Å². The summed E-state index contributed by atoms with van der Waals surface area (Å²) in [6, 6.07) is 5.78. The van der Waals surface area contributed by atoms with Gasteiger partial charge in [0.15, 0.2) is 0 Å². The summed E-state index contributed by atoms with van der Waals surface area (Å²) in [5, 5.41) is 0. The van der Waals surface area contributed by atoms with Crippen molar-refractivity contribution in [3.63, 3.8) is 0 Å². The Morgan fingerprint density at radius 2 is 1.54 bits per heavy atom. The number of rotatable bonds is 1. The van der Waals surface area contributed by atoms with E-state index in [2.05, 4.69) is 0 Å². The molecule has 0 unspecified atom stereocenters. The van der Waals surface area contributed by atoms with Gasteiger partial charge in [0.1, 0.15) is 10.1 Å². The number of hydrogen-bond donors (Lipinski definition) is 0. The minimum Gasteiger partial charge on any atom is -1.00 e. The van der Waals surface area contributed by atoms with Crippen LogP contribution in [0, 0.1) is 6.92 Å². The number of aryl methyl sites for hydroxylation is 1. The van der Waals surface area contributed by atoms with Crippen LogP contribution in [-0.4, -0.2) is 13.0 Å². The Labute approximate surface area is 124 Å². The zero-order valence-corrected chi connectivity index (χ0v) is 12.8. The third kappa shape index (κ3) is 5.54. The van der Waals surface area contributed by atoms with Gasteiger partial charge in [-0.3, -0.25) is 0 Å². The first-order chi connectivity index (χ1) is 5.00. The van der Waals surface area contributed by atoms with Gasteiger partial charge in [-0.15, -0.1) is 0 Å². The van der Waals surface area contributed by atoms with Gasteiger partial charge in [-0.05, 0) is 19.1 Å². The summed E-state index contributed by atoms with van der Waals surface area (Å²) in [4.78, 5) is -0.178. The molecule has 0 bridgehead atoms. The van der Waals surface area contributed by atoms with Crippen molar-refractivity contribution in [2.45, 2.75) is 11.8 Å². The first-order valence-corrected chi connectivity index (χ1v) is 4.43. The summed E-state index contributed by atoms with van der Waals surface area (Å²) in [7, 11) is -4.27. The Hall–Kier alpha value is 1.13. The van der Waals surface area contributed by atoms with Crippen molar-refractivity contribution in [2.24, 2.45) is 0 Å². The van der Waals surface area contributed by atoms with E-state index in [9.17, 15) is 13.0 Å². The Kier molecular flexibility index (Phi) is 8.38. The Balaban J connectivity index is -0.000000403. The molecule has 0 atom stereocenters. The topological polar surface area (TPSA) is 57.2 Å². The van der Waals surface area contributed by atoms with E-state index in [4.69, 9.17) is 0 Å². The molecule has 1 aromatic carbocycles. The van der Waals surface area contributed by atoms with Gasteiger partial charge in [-0.2, -0.15) is 0 Å². The van der Waals surface area contributed by atoms with Gasteiger partial charge in [-0.1, -0.05) is 17.7 Å². The molecule has 0 radical (unpaired) electrons. The molecular weight excluding hydrogens is 210 g/mol. The van der Waals surface area contributed by atoms with Crippen molar-refractivity contribution >= 4 is 10.1 Å². The predicted octanol–water partition coefficient (Wildman–Crippen LogP) is -4.98. The second-order valence-electron chi connectivity index (χ2n) is 2.27. The molecule has 0 aromatic heterocycles. The molecule has 13 heavy (non-hydrogen) atoms. The second-order valence-corrected chi connectivity index (χ2v) is 3.65. The van der Waals surface area contributed by atoms with E-state index in [0.29, 0.717) is 0 Å². The average Bonchev–Trinajstić information content (AvgIpc) is 1.86. The fraction of sp³-hybridized carbons (Fsp3) is 0.143. The van der Waals surface area contributed by atoms with E-state index in [-0.39, 0.29) is 65.4 Å². The van der Waals surface area contributed by atoms with Crippen LogP contribution in [0.5, 0.6) is 0 Å². The Morgan fingerprint density at radius 1 is 1.15 bits per heavy atom. The second kappa shape index (κ2) is 6.58. The van der Waals surface area contributed by atoms with E-state index in [1.807, 2.05) is 6.92 Å². The molecule has 0 spiro atoms. The summed E-state index contributed by atoms with van der Waals surface area (Å²) in [6.45, 7) is 1.82. The monoisotopic (exact) mass is 218 g/mol. The van der Waals surface area contributed by atoms with Crippen LogP contribution in [0.4, 0.5) is 0 Å². The van der Waals surface area contributed by atoms with Crippen LogP contribution in [0.1, 0.15) is 6.99 Å². The zero-order valence-electron chi connectivity index (χ0n) is 8.94. The molecule has 0 aliphatic carbocycles. The molecule has 3 nitrogen and oxygen atoms in total. The van der Waals surface area contributed by atoms with Crippen LogP contribution in [0.3, 0.4) is 0 Å². The van der Waals surface area contributed by atoms with Gasteiger partial charge in [0, 0.05) is 0 Å². The zero-order chi connectivity index (χ0) is 8.48. The maximum Gasteiger partial charge on any atom is 1.00 e. The molecule has 1 aromatic rings. The van der Waals surface area contributed by atoms with E-state index >= 15 is 0 Å². The molecule has 0 saturated heterocycles. The average molecular weight is 218 g/mol. The maximum atomic E-state index is 10.4. The predicted molar refractivity (Wildman–Crippen MR) is 40.3 cm³/mol. The van der Waals surface area contributed by atoms with Crippen LogP contribution in [0.15, 0.2) is 29.2 Å². The standard InChI is InChI=1S/C7H8O3S.2Na.H/c1-6-2-4-7(5-3-6)11(8,9)10;;;/h2-5H,1H3,(H,8,9,10);;;/q;2*+1;-1/p-1. The van der Waals surface area contributed by atoms with Gasteiger partial charge in [0.2, 0.25) is 0 Å². The molecule has 0 saturated carbocycles. The molecule has 0 fully saturated rings. The smallest absolute Gasteiger partial charge is 1.00 e. The van der Waals surface area contributed by atoms with Crippen LogP contribution < -0.4 is 59.1 Å². The van der Waals surface area contributed by atoms with E-state index < -0.39 is 10.1 Å². The van der Waals surface area contributed by atoms with Gasteiger partial charge < -0.3 is 5.98 Å². The van der Waals surface area contributed by atoms with Crippen molar-refractivity contribution in [1.82, 2.24) is 0 Å². The van der Waals surface area contributed by atoms with Gasteiger partial charge in [0.25, 0.3) is 0 Å². The van der Waals surface area contributed by atoms with Crippen LogP contribution in [0.25, 0.3) is 0 Å². The van der Waals surface area contributed by atoms with Gasteiger partial charge in [0.05, 0.1) is 4.90 Å². The van der Waals surface area contributed by atoms with Crippen molar-refractivity contribution in [3.8, 4) is 0 Å². The third-order valence-electron chi connectivity index (χ3n) is 1.31. The van der Waals surface area contributed by atoms with E-state index in [1.54, 1.807) is 12.1 Å². The first kappa shape index (κ1) is 16.6. The van der Waals surface area contributed by atoms with Crippen LogP contribution >= 0.6 is 0 Å². The molecule has 6 heteroatoms. The normalized spacial score (nSPS) is 9.69. The number of hydrogen-bond acceptors (Lipinski definition) is 3. The van der Waals surface area contributed by atoms with Crippen molar-refractivity contribution < 1.29 is 73.5 Å². The van der Waals surface area contributed by atoms with Gasteiger partial charge >= 0.3 is 59.1 Å². The molecule has 1 rings (SSSR count). The summed E-state index contributed by atoms with van der Waals surface area (Å²) in [6.07, 6.45) is 0. The molecule has 62 valence electrons. The van der Waals surface area contributed by atoms with Crippen LogP contribution in [-0.2, 0) is 10.1 Å². The quantitative estimate of drug-likeness (QED) is 0.350. The first-order valence-electron chi connectivity index (χ1n) is 3.03. The molecule has 0 amide bonds. The largest absolute Gasteiger partial charge is 1.00 e. The molecule has 0 aliphatic heterocycles. The molecule has 0 aliphatic rings. The fourth-order valence-electron chi connectivity index (χ4n) is 0.705. The summed E-state index contributed by atoms with van der Waals surface area (Å²) >= 11 is 0.